The van der Waals surface area contributed by atoms with E-state index in [0.29, 0.717) is 6.54 Å². The van der Waals surface area contributed by atoms with E-state index >= 15 is 0 Å². The Kier molecular flexibility index (Phi) is 7.24. The highest BCUT2D eigenvalue weighted by atomic mass is 35.5. The summed E-state index contributed by atoms with van der Waals surface area (Å²) >= 11 is 7.11. The van der Waals surface area contributed by atoms with Crippen LogP contribution in [0.3, 0.4) is 0 Å². The fourth-order valence-corrected chi connectivity index (χ4v) is 4.53. The second kappa shape index (κ2) is 9.52. The number of aromatic nitrogens is 4. The molecular formula is C21H24Cl3N5O. The van der Waals surface area contributed by atoms with Gasteiger partial charge in [-0.3, -0.25) is 9.55 Å². The molecule has 2 aromatic heterocycles. The van der Waals surface area contributed by atoms with Crippen molar-refractivity contribution in [2.24, 2.45) is 0 Å². The highest BCUT2D eigenvalue weighted by molar-refractivity contribution is 6.24. The first-order valence-corrected chi connectivity index (χ1v) is 10.1. The number of hydrogen-bond acceptors (Lipinski definition) is 5. The molecule has 2 aliphatic rings. The molecule has 3 aromatic rings. The number of pyridine rings is 1. The molecule has 1 aromatic carbocycles. The van der Waals surface area contributed by atoms with Crippen LogP contribution in [0.15, 0.2) is 49.1 Å². The van der Waals surface area contributed by atoms with Crippen molar-refractivity contribution >= 4 is 36.4 Å². The van der Waals surface area contributed by atoms with E-state index in [1.54, 1.807) is 18.7 Å². The lowest BCUT2D eigenvalue weighted by atomic mass is 9.81. The topological polar surface area (TPSA) is 64.9 Å². The molecule has 6 nitrogen and oxygen atoms in total. The van der Waals surface area contributed by atoms with Crippen molar-refractivity contribution in [1.29, 1.82) is 0 Å². The van der Waals surface area contributed by atoms with Gasteiger partial charge in [-0.25, -0.2) is 0 Å². The van der Waals surface area contributed by atoms with Crippen LogP contribution in [0.2, 0.25) is 0 Å². The van der Waals surface area contributed by atoms with Crippen molar-refractivity contribution in [3.63, 3.8) is 0 Å². The molecule has 1 N–H and O–H groups in total. The number of rotatable bonds is 3. The van der Waals surface area contributed by atoms with Crippen molar-refractivity contribution in [3.05, 3.63) is 66.0 Å². The minimum atomic E-state index is -0.341. The fourth-order valence-electron chi connectivity index (χ4n) is 4.20. The number of nitrogens with one attached hydrogen (secondary N) is 1. The summed E-state index contributed by atoms with van der Waals surface area (Å²) in [6, 6.07) is 10.4. The Morgan fingerprint density at radius 2 is 1.97 bits per heavy atom. The Bertz CT molecular complexity index is 974. The van der Waals surface area contributed by atoms with Gasteiger partial charge in [0.2, 0.25) is 0 Å². The van der Waals surface area contributed by atoms with Gasteiger partial charge < -0.3 is 10.1 Å². The number of alkyl halides is 1. The van der Waals surface area contributed by atoms with Crippen LogP contribution in [0, 0.1) is 0 Å². The predicted molar refractivity (Wildman–Crippen MR) is 121 cm³/mol. The number of fused-ring (bicyclic) bond motifs is 3. The average Bonchev–Trinajstić information content (AvgIpc) is 3.12. The summed E-state index contributed by atoms with van der Waals surface area (Å²) in [6.07, 6.45) is 9.14. The van der Waals surface area contributed by atoms with Crippen molar-refractivity contribution in [3.8, 4) is 11.4 Å². The van der Waals surface area contributed by atoms with Crippen LogP contribution >= 0.6 is 36.4 Å². The summed E-state index contributed by atoms with van der Waals surface area (Å²) in [5, 5.41) is 11.7. The summed E-state index contributed by atoms with van der Waals surface area (Å²) < 4.78 is 8.13. The van der Waals surface area contributed by atoms with Crippen LogP contribution in [0.5, 0.6) is 5.75 Å². The summed E-state index contributed by atoms with van der Waals surface area (Å²) in [7, 11) is 0. The minimum absolute atomic E-state index is 0. The standard InChI is InChI=1S/C21H22ClN5O.2ClH/c22-21(7-5-17(6-8-21)28-18-2-1-9-23-12-18)16-3-4-19-15(10-16)11-24-13-20-26-25-14-27(19)20;;/h1-4,9-10,12,14,17,24H,5-8,11,13H2;2*1H. The lowest BCUT2D eigenvalue weighted by molar-refractivity contribution is 0.138. The third-order valence-corrected chi connectivity index (χ3v) is 6.33. The molecule has 1 fully saturated rings. The summed E-state index contributed by atoms with van der Waals surface area (Å²) in [6.45, 7) is 1.51. The first-order chi connectivity index (χ1) is 13.7. The molecule has 0 radical (unpaired) electrons. The zero-order chi connectivity index (χ0) is 19.0. The van der Waals surface area contributed by atoms with Crippen LogP contribution in [-0.2, 0) is 18.0 Å². The van der Waals surface area contributed by atoms with Crippen LogP contribution in [0.1, 0.15) is 42.6 Å². The van der Waals surface area contributed by atoms with Gasteiger partial charge in [0.05, 0.1) is 29.4 Å². The molecule has 0 saturated heterocycles. The minimum Gasteiger partial charge on any atom is -0.489 e. The molecule has 1 aliphatic heterocycles. The highest BCUT2D eigenvalue weighted by Gasteiger charge is 2.36. The largest absolute Gasteiger partial charge is 0.489 e. The van der Waals surface area contributed by atoms with Crippen molar-refractivity contribution in [2.75, 3.05) is 0 Å². The highest BCUT2D eigenvalue weighted by Crippen LogP contribution is 2.44. The normalized spacial score (nSPS) is 22.5. The van der Waals surface area contributed by atoms with E-state index in [2.05, 4.69) is 43.3 Å². The van der Waals surface area contributed by atoms with Gasteiger partial charge in [0.1, 0.15) is 12.1 Å². The van der Waals surface area contributed by atoms with Gasteiger partial charge >= 0.3 is 0 Å². The molecule has 1 saturated carbocycles. The van der Waals surface area contributed by atoms with Gasteiger partial charge in [-0.2, -0.15) is 0 Å². The first kappa shape index (κ1) is 22.8. The van der Waals surface area contributed by atoms with E-state index in [4.69, 9.17) is 16.3 Å². The van der Waals surface area contributed by atoms with Gasteiger partial charge in [-0.05, 0) is 55.0 Å². The van der Waals surface area contributed by atoms with E-state index in [0.717, 1.165) is 49.5 Å². The first-order valence-electron chi connectivity index (χ1n) is 9.70. The number of nitrogens with zero attached hydrogens (tertiary/aromatic N) is 4. The Morgan fingerprint density at radius 1 is 1.13 bits per heavy atom. The van der Waals surface area contributed by atoms with Gasteiger partial charge in [-0.15, -0.1) is 46.6 Å². The van der Waals surface area contributed by atoms with E-state index < -0.39 is 0 Å². The zero-order valence-electron chi connectivity index (χ0n) is 16.3. The monoisotopic (exact) mass is 467 g/mol. The lowest BCUT2D eigenvalue weighted by Crippen LogP contribution is -2.31. The van der Waals surface area contributed by atoms with Gasteiger partial charge in [0, 0.05) is 12.7 Å². The van der Waals surface area contributed by atoms with Crippen molar-refractivity contribution in [2.45, 2.75) is 49.8 Å². The third kappa shape index (κ3) is 4.42. The maximum Gasteiger partial charge on any atom is 0.151 e. The smallest absolute Gasteiger partial charge is 0.151 e. The van der Waals surface area contributed by atoms with Crippen LogP contribution in [0.4, 0.5) is 0 Å². The molecular weight excluding hydrogens is 445 g/mol. The Labute approximate surface area is 193 Å². The maximum absolute atomic E-state index is 7.11. The summed E-state index contributed by atoms with van der Waals surface area (Å²) in [4.78, 5) is 3.78. The van der Waals surface area contributed by atoms with Crippen LogP contribution in [-0.4, -0.2) is 25.9 Å². The number of halogens is 3. The Balaban J connectivity index is 0.00000128. The van der Waals surface area contributed by atoms with Crippen molar-refractivity contribution in [1.82, 2.24) is 25.1 Å². The molecule has 5 rings (SSSR count). The van der Waals surface area contributed by atoms with E-state index in [1.165, 1.54) is 11.1 Å². The SMILES string of the molecule is Cl.Cl.ClC1(c2ccc3c(c2)CNCc2nncn2-3)CCC(Oc2cccnc2)CC1. The van der Waals surface area contributed by atoms with Gasteiger partial charge in [-0.1, -0.05) is 12.1 Å². The van der Waals surface area contributed by atoms with Gasteiger partial charge in [0.25, 0.3) is 0 Å². The molecule has 9 heteroatoms. The molecule has 0 amide bonds. The van der Waals surface area contributed by atoms with E-state index in [1.807, 2.05) is 12.1 Å². The summed E-state index contributed by atoms with van der Waals surface area (Å²) in [5.74, 6) is 1.76. The maximum atomic E-state index is 7.11. The predicted octanol–water partition coefficient (Wildman–Crippen LogP) is 4.56. The van der Waals surface area contributed by atoms with E-state index in [9.17, 15) is 0 Å². The second-order valence-corrected chi connectivity index (χ2v) is 8.26. The molecule has 1 aliphatic carbocycles. The van der Waals surface area contributed by atoms with Gasteiger partial charge in [0.15, 0.2) is 5.82 Å². The average molecular weight is 469 g/mol. The third-order valence-electron chi connectivity index (χ3n) is 5.74. The quantitative estimate of drug-likeness (QED) is 0.571. The molecule has 0 spiro atoms. The molecule has 0 unspecified atom stereocenters. The fraction of sp³-hybridized carbons (Fsp3) is 0.381. The number of ether oxygens (including phenoxy) is 1. The second-order valence-electron chi connectivity index (χ2n) is 7.54. The molecule has 160 valence electrons. The van der Waals surface area contributed by atoms with Crippen LogP contribution in [0.25, 0.3) is 5.69 Å². The lowest BCUT2D eigenvalue weighted by Gasteiger charge is -2.36. The van der Waals surface area contributed by atoms with Crippen LogP contribution < -0.4 is 10.1 Å². The molecule has 30 heavy (non-hydrogen) atoms. The number of benzene rings is 1. The molecule has 3 heterocycles. The Hall–Kier alpha value is -1.86. The van der Waals surface area contributed by atoms with Crippen molar-refractivity contribution < 1.29 is 4.74 Å². The van der Waals surface area contributed by atoms with E-state index in [-0.39, 0.29) is 35.8 Å². The summed E-state index contributed by atoms with van der Waals surface area (Å²) in [5.41, 5.74) is 3.54. The molecule has 0 atom stereocenters. The zero-order valence-corrected chi connectivity index (χ0v) is 18.7. The Morgan fingerprint density at radius 3 is 2.73 bits per heavy atom. The molecule has 0 bridgehead atoms. The number of hydrogen-bond donors (Lipinski definition) is 1.